The first-order chi connectivity index (χ1) is 14.2. The summed E-state index contributed by atoms with van der Waals surface area (Å²) in [7, 11) is 2.08. The number of carbonyl (C=O) groups excluding carboxylic acids is 1. The zero-order valence-corrected chi connectivity index (χ0v) is 19.3. The number of hydrogen-bond acceptors (Lipinski definition) is 6. The molecule has 3 aromatic rings. The second-order valence-electron chi connectivity index (χ2n) is 9.92. The normalized spacial score (nSPS) is 20.8. The minimum atomic E-state index is -0.0729. The highest BCUT2D eigenvalue weighted by Gasteiger charge is 2.32. The zero-order valence-electron chi connectivity index (χ0n) is 18.5. The molecule has 160 valence electrons. The van der Waals surface area contributed by atoms with Gasteiger partial charge in [-0.05, 0) is 50.1 Å². The van der Waals surface area contributed by atoms with Crippen molar-refractivity contribution in [2.24, 2.45) is 11.3 Å². The monoisotopic (exact) mass is 426 g/mol. The van der Waals surface area contributed by atoms with E-state index in [0.717, 1.165) is 60.7 Å². The number of amides is 1. The molecule has 0 saturated carbocycles. The molecule has 1 amide bonds. The van der Waals surface area contributed by atoms with Crippen LogP contribution in [0.25, 0.3) is 15.9 Å². The average molecular weight is 427 g/mol. The summed E-state index contributed by atoms with van der Waals surface area (Å²) in [5.41, 5.74) is 2.48. The number of likely N-dealkylation sites (N-methyl/N-ethyl adjacent to an activating group) is 1. The average Bonchev–Trinajstić information content (AvgIpc) is 3.28. The predicted molar refractivity (Wildman–Crippen MR) is 119 cm³/mol. The molecule has 4 heterocycles. The van der Waals surface area contributed by atoms with Gasteiger partial charge in [-0.1, -0.05) is 20.8 Å². The summed E-state index contributed by atoms with van der Waals surface area (Å²) in [6.45, 7) is 12.2. The van der Waals surface area contributed by atoms with Gasteiger partial charge in [0.05, 0.1) is 5.39 Å². The summed E-state index contributed by atoms with van der Waals surface area (Å²) in [4.78, 5) is 29.2. The van der Waals surface area contributed by atoms with Crippen molar-refractivity contribution in [3.05, 3.63) is 22.1 Å². The summed E-state index contributed by atoms with van der Waals surface area (Å²) in [6.07, 6.45) is 3.34. The minimum absolute atomic E-state index is 0.0729. The Morgan fingerprint density at radius 3 is 2.57 bits per heavy atom. The molecular formula is C22H30N6OS. The van der Waals surface area contributed by atoms with Gasteiger partial charge in [0.1, 0.15) is 10.7 Å². The first-order valence-electron chi connectivity index (χ1n) is 10.9. The number of aromatic nitrogens is 4. The lowest BCUT2D eigenvalue weighted by molar-refractivity contribution is 0.0652. The predicted octanol–water partition coefficient (Wildman–Crippen LogP) is 3.19. The number of fused-ring (bicyclic) bond motifs is 5. The summed E-state index contributed by atoms with van der Waals surface area (Å²) in [5, 5.41) is 5.69. The molecule has 1 saturated heterocycles. The number of nitrogens with zero attached hydrogens (tertiary/aromatic N) is 6. The molecule has 8 heteroatoms. The fraction of sp³-hybridized carbons (Fsp3) is 0.636. The van der Waals surface area contributed by atoms with E-state index < -0.39 is 0 Å². The van der Waals surface area contributed by atoms with Gasteiger partial charge in [0, 0.05) is 31.1 Å². The van der Waals surface area contributed by atoms with Crippen LogP contribution in [0, 0.1) is 18.3 Å². The van der Waals surface area contributed by atoms with Crippen molar-refractivity contribution in [3.8, 4) is 0 Å². The van der Waals surface area contributed by atoms with Gasteiger partial charge in [0.2, 0.25) is 5.82 Å². The van der Waals surface area contributed by atoms with Crippen molar-refractivity contribution in [3.63, 3.8) is 0 Å². The number of piperazine rings is 1. The second-order valence-corrected chi connectivity index (χ2v) is 11.0. The van der Waals surface area contributed by atoms with Crippen LogP contribution in [-0.4, -0.2) is 68.5 Å². The van der Waals surface area contributed by atoms with E-state index in [1.807, 2.05) is 11.8 Å². The van der Waals surface area contributed by atoms with Crippen LogP contribution in [0.2, 0.25) is 0 Å². The Hall–Kier alpha value is -2.06. The van der Waals surface area contributed by atoms with Crippen molar-refractivity contribution < 1.29 is 4.79 Å². The first-order valence-corrected chi connectivity index (χ1v) is 11.7. The minimum Gasteiger partial charge on any atom is -0.333 e. The molecule has 1 fully saturated rings. The molecule has 3 aromatic heterocycles. The standard InChI is InChI=1S/C22H30N6OS/c1-13-23-20-17(15-7-6-14(22(2,3)4)12-16(15)30-20)19-24-18(25-28(13)19)21(29)27-10-8-26(5)9-11-27/h14H,6-12H2,1-5H3/t14-/m0/s1. The van der Waals surface area contributed by atoms with Gasteiger partial charge in [-0.25, -0.2) is 9.97 Å². The Labute approximate surface area is 181 Å². The summed E-state index contributed by atoms with van der Waals surface area (Å²) < 4.78 is 1.77. The lowest BCUT2D eigenvalue weighted by atomic mass is 9.72. The molecule has 0 radical (unpaired) electrons. The van der Waals surface area contributed by atoms with Crippen molar-refractivity contribution in [1.82, 2.24) is 29.4 Å². The van der Waals surface area contributed by atoms with Crippen molar-refractivity contribution in [1.29, 1.82) is 0 Å². The highest BCUT2D eigenvalue weighted by atomic mass is 32.1. The molecule has 1 aliphatic carbocycles. The molecule has 30 heavy (non-hydrogen) atoms. The van der Waals surface area contributed by atoms with Gasteiger partial charge in [-0.15, -0.1) is 16.4 Å². The van der Waals surface area contributed by atoms with Gasteiger partial charge >= 0.3 is 0 Å². The highest BCUT2D eigenvalue weighted by molar-refractivity contribution is 7.19. The number of carbonyl (C=O) groups is 1. The van der Waals surface area contributed by atoms with Crippen molar-refractivity contribution in [2.45, 2.75) is 47.0 Å². The van der Waals surface area contributed by atoms with E-state index in [9.17, 15) is 4.79 Å². The molecular weight excluding hydrogens is 396 g/mol. The number of aryl methyl sites for hydroxylation is 2. The van der Waals surface area contributed by atoms with Crippen LogP contribution in [0.15, 0.2) is 0 Å². The summed E-state index contributed by atoms with van der Waals surface area (Å²) in [5.74, 6) is 1.69. The smallest absolute Gasteiger partial charge is 0.293 e. The van der Waals surface area contributed by atoms with E-state index in [1.54, 1.807) is 15.9 Å². The Morgan fingerprint density at radius 1 is 1.13 bits per heavy atom. The fourth-order valence-electron chi connectivity index (χ4n) is 4.76. The Kier molecular flexibility index (Phi) is 4.63. The molecule has 1 aliphatic heterocycles. The van der Waals surface area contributed by atoms with Crippen LogP contribution in [-0.2, 0) is 12.8 Å². The maximum atomic E-state index is 13.1. The number of hydrogen-bond donors (Lipinski definition) is 0. The molecule has 0 aromatic carbocycles. The van der Waals surface area contributed by atoms with Crippen LogP contribution in [0.3, 0.4) is 0 Å². The van der Waals surface area contributed by atoms with Gasteiger partial charge in [0.15, 0.2) is 5.65 Å². The molecule has 1 atom stereocenters. The molecule has 2 aliphatic rings. The largest absolute Gasteiger partial charge is 0.333 e. The van der Waals surface area contributed by atoms with Crippen LogP contribution in [0.4, 0.5) is 0 Å². The molecule has 7 nitrogen and oxygen atoms in total. The van der Waals surface area contributed by atoms with Crippen LogP contribution in [0.1, 0.15) is 54.1 Å². The summed E-state index contributed by atoms with van der Waals surface area (Å²) in [6, 6.07) is 0. The Morgan fingerprint density at radius 2 is 1.87 bits per heavy atom. The Bertz CT molecular complexity index is 1130. The van der Waals surface area contributed by atoms with Gasteiger partial charge < -0.3 is 9.80 Å². The maximum Gasteiger partial charge on any atom is 0.293 e. The third-order valence-corrected chi connectivity index (χ3v) is 8.00. The van der Waals surface area contributed by atoms with E-state index in [-0.39, 0.29) is 5.91 Å². The lowest BCUT2D eigenvalue weighted by Gasteiger charge is -2.33. The number of thiophene rings is 1. The van der Waals surface area contributed by atoms with E-state index in [1.165, 1.54) is 16.9 Å². The molecule has 5 rings (SSSR count). The van der Waals surface area contributed by atoms with E-state index in [4.69, 9.17) is 9.97 Å². The molecule has 0 bridgehead atoms. The molecule has 0 unspecified atom stereocenters. The SMILES string of the molecule is Cc1nc2sc3c(c2c2nc(C(=O)N4CCN(C)CC4)nn12)CC[C@H](C(C)(C)C)C3. The van der Waals surface area contributed by atoms with E-state index >= 15 is 0 Å². The second kappa shape index (κ2) is 6.99. The Balaban J connectivity index is 1.57. The van der Waals surface area contributed by atoms with Gasteiger partial charge in [-0.3, -0.25) is 4.79 Å². The van der Waals surface area contributed by atoms with E-state index in [2.05, 4.69) is 37.8 Å². The van der Waals surface area contributed by atoms with Gasteiger partial charge in [-0.2, -0.15) is 4.52 Å². The van der Waals surface area contributed by atoms with Crippen LogP contribution < -0.4 is 0 Å². The lowest BCUT2D eigenvalue weighted by Crippen LogP contribution is -2.47. The zero-order chi connectivity index (χ0) is 21.2. The third kappa shape index (κ3) is 3.21. The van der Waals surface area contributed by atoms with Crippen molar-refractivity contribution in [2.75, 3.05) is 33.2 Å². The highest BCUT2D eigenvalue weighted by Crippen LogP contribution is 2.43. The quantitative estimate of drug-likeness (QED) is 0.598. The van der Waals surface area contributed by atoms with Crippen LogP contribution >= 0.6 is 11.3 Å². The topological polar surface area (TPSA) is 66.6 Å². The first kappa shape index (κ1) is 19.9. The van der Waals surface area contributed by atoms with E-state index in [0.29, 0.717) is 17.2 Å². The third-order valence-electron chi connectivity index (χ3n) is 6.85. The summed E-state index contributed by atoms with van der Waals surface area (Å²) >= 11 is 1.80. The molecule has 0 N–H and O–H groups in total. The van der Waals surface area contributed by atoms with Gasteiger partial charge in [0.25, 0.3) is 5.91 Å². The maximum absolute atomic E-state index is 13.1. The van der Waals surface area contributed by atoms with Crippen LogP contribution in [0.5, 0.6) is 0 Å². The fourth-order valence-corrected chi connectivity index (χ4v) is 6.10. The number of rotatable bonds is 1. The molecule has 0 spiro atoms. The van der Waals surface area contributed by atoms with Crippen molar-refractivity contribution >= 4 is 33.1 Å².